The Hall–Kier alpha value is -2.45. The summed E-state index contributed by atoms with van der Waals surface area (Å²) in [4.78, 5) is 0. The summed E-state index contributed by atoms with van der Waals surface area (Å²) in [7, 11) is 0. The first kappa shape index (κ1) is 21.4. The fraction of sp³-hybridized carbons (Fsp3) is 0.458. The van der Waals surface area contributed by atoms with Gasteiger partial charge in [-0.25, -0.2) is 9.07 Å². The van der Waals surface area contributed by atoms with Crippen molar-refractivity contribution in [2.24, 2.45) is 5.92 Å². The van der Waals surface area contributed by atoms with Crippen molar-refractivity contribution in [1.82, 2.24) is 9.78 Å². The Morgan fingerprint density at radius 2 is 1.88 bits per heavy atom. The summed E-state index contributed by atoms with van der Waals surface area (Å²) in [5.74, 6) is -0.815. The van der Waals surface area contributed by atoms with Gasteiger partial charge in [0, 0.05) is 10.8 Å². The summed E-state index contributed by atoms with van der Waals surface area (Å²) in [6, 6.07) is 9.92. The summed E-state index contributed by atoms with van der Waals surface area (Å²) < 4.78 is 55.7. The number of alkyl halides is 3. The molecule has 0 spiro atoms. The average Bonchev–Trinajstić information content (AvgIpc) is 3.09. The lowest BCUT2D eigenvalue weighted by Crippen LogP contribution is -2.56. The molecule has 3 aromatic rings. The molecule has 2 aliphatic rings. The van der Waals surface area contributed by atoms with Crippen LogP contribution in [0.1, 0.15) is 43.2 Å². The van der Waals surface area contributed by atoms with Crippen LogP contribution in [-0.2, 0) is 11.8 Å². The number of nitrogens with zero attached hydrogens (tertiary/aromatic N) is 2. The molecule has 2 aromatic carbocycles. The topological polar surface area (TPSA) is 58.3 Å². The number of aryl methyl sites for hydroxylation is 1. The molecule has 2 N–H and O–H groups in total. The number of aliphatic hydroxyl groups excluding tert-OH is 1. The fourth-order valence-electron chi connectivity index (χ4n) is 5.74. The van der Waals surface area contributed by atoms with Crippen LogP contribution in [0.5, 0.6) is 0 Å². The zero-order chi connectivity index (χ0) is 22.7. The van der Waals surface area contributed by atoms with Crippen LogP contribution in [0.4, 0.5) is 17.6 Å². The highest BCUT2D eigenvalue weighted by atomic mass is 19.4. The number of fused-ring (bicyclic) bond motifs is 4. The van der Waals surface area contributed by atoms with E-state index >= 15 is 0 Å². The molecular formula is C24H24F4N2O2. The molecule has 0 radical (unpaired) electrons. The normalized spacial score (nSPS) is 28.2. The first-order valence-electron chi connectivity index (χ1n) is 10.8. The SMILES string of the molecule is OC[C@]12CC[C@@](O)(C(F)(F)F)C[C@@H]1CCCc1cc3c(cnn3-c3ccc(F)cc3)cc12. The zero-order valence-electron chi connectivity index (χ0n) is 17.4. The van der Waals surface area contributed by atoms with E-state index in [9.17, 15) is 27.8 Å². The number of rotatable bonds is 2. The molecule has 0 unspecified atom stereocenters. The minimum Gasteiger partial charge on any atom is -0.395 e. The van der Waals surface area contributed by atoms with Crippen LogP contribution in [0.25, 0.3) is 16.6 Å². The van der Waals surface area contributed by atoms with Crippen LogP contribution >= 0.6 is 0 Å². The van der Waals surface area contributed by atoms with Gasteiger partial charge in [0.2, 0.25) is 0 Å². The van der Waals surface area contributed by atoms with Crippen LogP contribution < -0.4 is 0 Å². The first-order chi connectivity index (χ1) is 15.2. The van der Waals surface area contributed by atoms with Crippen LogP contribution in [-0.4, -0.2) is 38.4 Å². The van der Waals surface area contributed by atoms with Gasteiger partial charge in [0.1, 0.15) is 5.82 Å². The maximum absolute atomic E-state index is 13.6. The van der Waals surface area contributed by atoms with Crippen molar-refractivity contribution in [1.29, 1.82) is 0 Å². The maximum Gasteiger partial charge on any atom is 0.417 e. The van der Waals surface area contributed by atoms with Gasteiger partial charge in [-0.3, -0.25) is 0 Å². The van der Waals surface area contributed by atoms with Crippen LogP contribution in [0, 0.1) is 11.7 Å². The van der Waals surface area contributed by atoms with E-state index in [4.69, 9.17) is 0 Å². The van der Waals surface area contributed by atoms with Crippen molar-refractivity contribution < 1.29 is 27.8 Å². The van der Waals surface area contributed by atoms with Gasteiger partial charge in [0.25, 0.3) is 0 Å². The highest BCUT2D eigenvalue weighted by Crippen LogP contribution is 2.55. The molecule has 8 heteroatoms. The molecule has 1 fully saturated rings. The number of benzene rings is 2. The Kier molecular flexibility index (Phi) is 4.87. The molecule has 5 rings (SSSR count). The number of hydrogen-bond acceptors (Lipinski definition) is 3. The van der Waals surface area contributed by atoms with E-state index in [1.165, 1.54) is 12.1 Å². The van der Waals surface area contributed by atoms with Gasteiger partial charge in [0.15, 0.2) is 5.60 Å². The second-order valence-electron chi connectivity index (χ2n) is 9.24. The molecule has 0 saturated heterocycles. The largest absolute Gasteiger partial charge is 0.417 e. The summed E-state index contributed by atoms with van der Waals surface area (Å²) in [5.41, 5.74) is -0.163. The molecular weight excluding hydrogens is 424 g/mol. The van der Waals surface area contributed by atoms with Gasteiger partial charge in [-0.2, -0.15) is 18.3 Å². The lowest BCUT2D eigenvalue weighted by Gasteiger charge is -2.49. The maximum atomic E-state index is 13.6. The molecule has 0 amide bonds. The summed E-state index contributed by atoms with van der Waals surface area (Å²) in [6.45, 7) is -0.268. The van der Waals surface area contributed by atoms with Gasteiger partial charge >= 0.3 is 6.18 Å². The fourth-order valence-corrected chi connectivity index (χ4v) is 5.74. The third kappa shape index (κ3) is 3.15. The molecule has 170 valence electrons. The van der Waals surface area contributed by atoms with Crippen molar-refractivity contribution in [3.63, 3.8) is 0 Å². The van der Waals surface area contributed by atoms with E-state index in [-0.39, 0.29) is 18.8 Å². The monoisotopic (exact) mass is 448 g/mol. The van der Waals surface area contributed by atoms with Crippen LogP contribution in [0.3, 0.4) is 0 Å². The lowest BCUT2D eigenvalue weighted by atomic mass is 9.58. The highest BCUT2D eigenvalue weighted by molar-refractivity contribution is 5.82. The smallest absolute Gasteiger partial charge is 0.395 e. The van der Waals surface area contributed by atoms with Crippen molar-refractivity contribution in [2.45, 2.75) is 55.7 Å². The second kappa shape index (κ2) is 7.28. The van der Waals surface area contributed by atoms with Gasteiger partial charge < -0.3 is 10.2 Å². The van der Waals surface area contributed by atoms with Crippen LogP contribution in [0.15, 0.2) is 42.6 Å². The van der Waals surface area contributed by atoms with Crippen molar-refractivity contribution in [3.8, 4) is 5.69 Å². The third-order valence-corrected chi connectivity index (χ3v) is 7.56. The lowest BCUT2D eigenvalue weighted by molar-refractivity contribution is -0.280. The van der Waals surface area contributed by atoms with E-state index < -0.39 is 36.0 Å². The van der Waals surface area contributed by atoms with Gasteiger partial charge in [-0.15, -0.1) is 0 Å². The van der Waals surface area contributed by atoms with E-state index in [1.807, 2.05) is 12.1 Å². The summed E-state index contributed by atoms with van der Waals surface area (Å²) in [6.07, 6.45) is -1.93. The Morgan fingerprint density at radius 3 is 2.56 bits per heavy atom. The van der Waals surface area contributed by atoms with Crippen molar-refractivity contribution in [2.75, 3.05) is 6.61 Å². The Morgan fingerprint density at radius 1 is 1.12 bits per heavy atom. The molecule has 4 nitrogen and oxygen atoms in total. The third-order valence-electron chi connectivity index (χ3n) is 7.56. The number of aliphatic hydroxyl groups is 2. The molecule has 2 aliphatic carbocycles. The predicted octanol–water partition coefficient (Wildman–Crippen LogP) is 4.82. The molecule has 0 bridgehead atoms. The first-order valence-corrected chi connectivity index (χ1v) is 10.8. The quantitative estimate of drug-likeness (QED) is 0.553. The van der Waals surface area contributed by atoms with Gasteiger partial charge in [-0.1, -0.05) is 0 Å². The second-order valence-corrected chi connectivity index (χ2v) is 9.24. The van der Waals surface area contributed by atoms with Crippen molar-refractivity contribution in [3.05, 3.63) is 59.5 Å². The van der Waals surface area contributed by atoms with Gasteiger partial charge in [0.05, 0.1) is 24.0 Å². The minimum atomic E-state index is -4.69. The minimum absolute atomic E-state index is 0.0643. The number of halogens is 4. The average molecular weight is 448 g/mol. The molecule has 1 saturated carbocycles. The van der Waals surface area contributed by atoms with E-state index in [0.717, 1.165) is 22.0 Å². The predicted molar refractivity (Wildman–Crippen MR) is 111 cm³/mol. The summed E-state index contributed by atoms with van der Waals surface area (Å²) in [5, 5.41) is 26.1. The van der Waals surface area contributed by atoms with E-state index in [0.29, 0.717) is 24.9 Å². The molecule has 0 aliphatic heterocycles. The van der Waals surface area contributed by atoms with Crippen LogP contribution in [0.2, 0.25) is 0 Å². The Bertz CT molecular complexity index is 1160. The zero-order valence-corrected chi connectivity index (χ0v) is 17.4. The van der Waals surface area contributed by atoms with E-state index in [1.54, 1.807) is 23.0 Å². The summed E-state index contributed by atoms with van der Waals surface area (Å²) >= 11 is 0. The molecule has 1 aromatic heterocycles. The van der Waals surface area contributed by atoms with E-state index in [2.05, 4.69) is 5.10 Å². The Balaban J connectivity index is 1.61. The molecule has 32 heavy (non-hydrogen) atoms. The van der Waals surface area contributed by atoms with Gasteiger partial charge in [-0.05, 0) is 92.0 Å². The number of aromatic nitrogens is 2. The number of hydrogen-bond donors (Lipinski definition) is 2. The molecule has 3 atom stereocenters. The standard InChI is InChI=1S/C24H24F4N2O2/c25-18-4-6-19(7-5-18)30-21-11-15-2-1-3-17-12-23(32,24(26,27)28)9-8-22(17,14-31)20(15)10-16(21)13-29-30/h4-7,10-11,13,17,31-32H,1-3,8-9,12,14H2/t17-,22+,23-/m0/s1. The van der Waals surface area contributed by atoms with Crippen molar-refractivity contribution >= 4 is 10.9 Å². The highest BCUT2D eigenvalue weighted by Gasteiger charge is 2.60. The Labute approximate surface area is 182 Å². The molecule has 1 heterocycles.